The SMILES string of the molecule is CC(C)(C)OC(=O)NC1(C(F)(F)CCN)CCC1. The van der Waals surface area contributed by atoms with Gasteiger partial charge in [0, 0.05) is 6.42 Å². The maximum absolute atomic E-state index is 14.0. The Balaban J connectivity index is 2.69. The van der Waals surface area contributed by atoms with E-state index in [1.165, 1.54) is 0 Å². The van der Waals surface area contributed by atoms with Crippen molar-refractivity contribution in [2.24, 2.45) is 5.73 Å². The van der Waals surface area contributed by atoms with E-state index in [1.54, 1.807) is 20.8 Å². The van der Waals surface area contributed by atoms with Crippen molar-refractivity contribution in [1.82, 2.24) is 5.32 Å². The van der Waals surface area contributed by atoms with Gasteiger partial charge < -0.3 is 15.8 Å². The first-order valence-corrected chi connectivity index (χ1v) is 6.21. The molecule has 1 amide bonds. The highest BCUT2D eigenvalue weighted by atomic mass is 19.3. The van der Waals surface area contributed by atoms with Gasteiger partial charge in [-0.2, -0.15) is 0 Å². The molecule has 1 fully saturated rings. The van der Waals surface area contributed by atoms with Crippen LogP contribution in [-0.2, 0) is 4.74 Å². The maximum Gasteiger partial charge on any atom is 0.408 e. The minimum Gasteiger partial charge on any atom is -0.444 e. The summed E-state index contributed by atoms with van der Waals surface area (Å²) in [4.78, 5) is 11.6. The largest absolute Gasteiger partial charge is 0.444 e. The highest BCUT2D eigenvalue weighted by molar-refractivity contribution is 5.69. The van der Waals surface area contributed by atoms with Crippen LogP contribution in [0.15, 0.2) is 0 Å². The van der Waals surface area contributed by atoms with Gasteiger partial charge in [-0.15, -0.1) is 0 Å². The standard InChI is InChI=1S/C12H22F2N2O2/c1-10(2,3)18-9(17)16-11(5-4-6-11)12(13,14)7-8-15/h4-8,15H2,1-3H3,(H,16,17). The van der Waals surface area contributed by atoms with E-state index in [-0.39, 0.29) is 19.4 Å². The van der Waals surface area contributed by atoms with Gasteiger partial charge in [0.2, 0.25) is 0 Å². The Bertz CT molecular complexity index is 310. The normalized spacial score (nSPS) is 19.0. The van der Waals surface area contributed by atoms with Gasteiger partial charge in [0.05, 0.1) is 0 Å². The molecule has 0 saturated heterocycles. The van der Waals surface area contributed by atoms with E-state index in [9.17, 15) is 13.6 Å². The molecule has 3 N–H and O–H groups in total. The van der Waals surface area contributed by atoms with Crippen LogP contribution < -0.4 is 11.1 Å². The lowest BCUT2D eigenvalue weighted by Crippen LogP contribution is -2.65. The van der Waals surface area contributed by atoms with Crippen LogP contribution >= 0.6 is 0 Å². The molecule has 1 aliphatic carbocycles. The van der Waals surface area contributed by atoms with Crippen LogP contribution in [0.2, 0.25) is 0 Å². The maximum atomic E-state index is 14.0. The lowest BCUT2D eigenvalue weighted by Gasteiger charge is -2.47. The van der Waals surface area contributed by atoms with E-state index < -0.39 is 29.6 Å². The fourth-order valence-electron chi connectivity index (χ4n) is 2.03. The number of halogens is 2. The van der Waals surface area contributed by atoms with E-state index >= 15 is 0 Å². The number of rotatable bonds is 4. The van der Waals surface area contributed by atoms with Crippen molar-refractivity contribution in [3.05, 3.63) is 0 Å². The number of hydrogen-bond acceptors (Lipinski definition) is 3. The van der Waals surface area contributed by atoms with E-state index in [1.807, 2.05) is 0 Å². The van der Waals surface area contributed by atoms with Gasteiger partial charge in [-0.05, 0) is 46.6 Å². The molecular formula is C12H22F2N2O2. The topological polar surface area (TPSA) is 64.3 Å². The van der Waals surface area contributed by atoms with E-state index in [2.05, 4.69) is 5.32 Å². The van der Waals surface area contributed by atoms with Crippen molar-refractivity contribution < 1.29 is 18.3 Å². The van der Waals surface area contributed by atoms with Crippen LogP contribution in [-0.4, -0.2) is 29.7 Å². The van der Waals surface area contributed by atoms with Crippen LogP contribution in [0.5, 0.6) is 0 Å². The summed E-state index contributed by atoms with van der Waals surface area (Å²) in [7, 11) is 0. The molecule has 0 aromatic carbocycles. The number of alkyl carbamates (subject to hydrolysis) is 1. The Labute approximate surface area is 106 Å². The minimum absolute atomic E-state index is 0.106. The minimum atomic E-state index is -2.99. The molecule has 6 heteroatoms. The molecule has 1 aliphatic rings. The number of hydrogen-bond donors (Lipinski definition) is 2. The van der Waals surface area contributed by atoms with Crippen molar-refractivity contribution in [2.45, 2.75) is 63.5 Å². The molecule has 0 bridgehead atoms. The Morgan fingerprint density at radius 2 is 1.94 bits per heavy atom. The fourth-order valence-corrected chi connectivity index (χ4v) is 2.03. The summed E-state index contributed by atoms with van der Waals surface area (Å²) in [5, 5.41) is 2.34. The Morgan fingerprint density at radius 3 is 2.28 bits per heavy atom. The third kappa shape index (κ3) is 3.31. The summed E-state index contributed by atoms with van der Waals surface area (Å²) in [6.45, 7) is 4.97. The van der Waals surface area contributed by atoms with Gasteiger partial charge in [0.1, 0.15) is 11.1 Å². The molecule has 1 rings (SSSR count). The molecule has 0 spiro atoms. The van der Waals surface area contributed by atoms with Crippen molar-refractivity contribution in [2.75, 3.05) is 6.54 Å². The van der Waals surface area contributed by atoms with Gasteiger partial charge in [-0.25, -0.2) is 13.6 Å². The smallest absolute Gasteiger partial charge is 0.408 e. The Kier molecular flexibility index (Phi) is 4.20. The van der Waals surface area contributed by atoms with Crippen LogP contribution in [0.1, 0.15) is 46.5 Å². The average molecular weight is 264 g/mol. The molecule has 18 heavy (non-hydrogen) atoms. The van der Waals surface area contributed by atoms with Crippen molar-refractivity contribution in [3.63, 3.8) is 0 Å². The zero-order valence-corrected chi connectivity index (χ0v) is 11.2. The lowest BCUT2D eigenvalue weighted by atomic mass is 9.71. The summed E-state index contributed by atoms with van der Waals surface area (Å²) in [5.74, 6) is -2.99. The molecule has 0 aliphatic heterocycles. The van der Waals surface area contributed by atoms with Gasteiger partial charge in [-0.1, -0.05) is 0 Å². The van der Waals surface area contributed by atoms with Crippen molar-refractivity contribution in [1.29, 1.82) is 0 Å². The Morgan fingerprint density at radius 1 is 1.39 bits per heavy atom. The molecule has 0 radical (unpaired) electrons. The highest BCUT2D eigenvalue weighted by Gasteiger charge is 2.57. The second-order valence-corrected chi connectivity index (χ2v) is 5.81. The first-order valence-electron chi connectivity index (χ1n) is 6.21. The number of nitrogens with two attached hydrogens (primary N) is 1. The number of nitrogens with one attached hydrogen (secondary N) is 1. The van der Waals surface area contributed by atoms with E-state index in [4.69, 9.17) is 10.5 Å². The van der Waals surface area contributed by atoms with Gasteiger partial charge in [0.15, 0.2) is 0 Å². The number of carbonyl (C=O) groups excluding carboxylic acids is 1. The van der Waals surface area contributed by atoms with Gasteiger partial charge in [-0.3, -0.25) is 0 Å². The second-order valence-electron chi connectivity index (χ2n) is 5.81. The molecule has 0 atom stereocenters. The van der Waals surface area contributed by atoms with Crippen molar-refractivity contribution >= 4 is 6.09 Å². The molecule has 0 unspecified atom stereocenters. The summed E-state index contributed by atoms with van der Waals surface area (Å²) >= 11 is 0. The first-order chi connectivity index (χ1) is 8.12. The molecular weight excluding hydrogens is 242 g/mol. The molecule has 1 saturated carbocycles. The van der Waals surface area contributed by atoms with E-state index in [0.717, 1.165) is 0 Å². The van der Waals surface area contributed by atoms with Gasteiger partial charge in [0.25, 0.3) is 5.92 Å². The predicted molar refractivity (Wildman–Crippen MR) is 64.6 cm³/mol. The lowest BCUT2D eigenvalue weighted by molar-refractivity contribution is -0.126. The second kappa shape index (κ2) is 4.99. The molecule has 0 heterocycles. The first kappa shape index (κ1) is 15.1. The van der Waals surface area contributed by atoms with Crippen LogP contribution in [0.25, 0.3) is 0 Å². The third-order valence-electron chi connectivity index (χ3n) is 3.11. The summed E-state index contributed by atoms with van der Waals surface area (Å²) in [5.41, 5.74) is 3.03. The summed E-state index contributed by atoms with van der Waals surface area (Å²) in [6.07, 6.45) is -0.0176. The quantitative estimate of drug-likeness (QED) is 0.819. The third-order valence-corrected chi connectivity index (χ3v) is 3.11. The van der Waals surface area contributed by atoms with Gasteiger partial charge >= 0.3 is 6.09 Å². The predicted octanol–water partition coefficient (Wildman–Crippen LogP) is 2.42. The summed E-state index contributed by atoms with van der Waals surface area (Å²) in [6, 6.07) is 0. The Hall–Kier alpha value is -0.910. The average Bonchev–Trinajstić information content (AvgIpc) is 2.07. The molecule has 0 aromatic heterocycles. The van der Waals surface area contributed by atoms with Crippen molar-refractivity contribution in [3.8, 4) is 0 Å². The highest BCUT2D eigenvalue weighted by Crippen LogP contribution is 2.46. The zero-order valence-electron chi connectivity index (χ0n) is 11.2. The zero-order chi connectivity index (χ0) is 14.0. The number of alkyl halides is 2. The number of amides is 1. The van der Waals surface area contributed by atoms with Crippen LogP contribution in [0.4, 0.5) is 13.6 Å². The number of ether oxygens (including phenoxy) is 1. The van der Waals surface area contributed by atoms with E-state index in [0.29, 0.717) is 6.42 Å². The fraction of sp³-hybridized carbons (Fsp3) is 0.917. The molecule has 106 valence electrons. The monoisotopic (exact) mass is 264 g/mol. The van der Waals surface area contributed by atoms with Crippen LogP contribution in [0, 0.1) is 0 Å². The molecule has 4 nitrogen and oxygen atoms in total. The number of carbonyl (C=O) groups is 1. The summed E-state index contributed by atoms with van der Waals surface area (Å²) < 4.78 is 33.0. The van der Waals surface area contributed by atoms with Crippen LogP contribution in [0.3, 0.4) is 0 Å². The molecule has 0 aromatic rings.